The maximum absolute atomic E-state index is 11.3. The van der Waals surface area contributed by atoms with Crippen LogP contribution in [0.25, 0.3) is 0 Å². The standard InChI is InChI=1S/C13H22N4O2/c1-8(2)9-3-5-10(6-4-9)17-12(13(18)19)11(7-14)15-16-17/h8-10H,3-7,14H2,1-2H3,(H,18,19). The molecule has 1 saturated carbocycles. The molecule has 0 radical (unpaired) electrons. The van der Waals surface area contributed by atoms with Gasteiger partial charge in [0.25, 0.3) is 0 Å². The Morgan fingerprint density at radius 2 is 2.05 bits per heavy atom. The molecule has 1 fully saturated rings. The number of carboxylic acid groups (broad SMARTS) is 1. The molecule has 106 valence electrons. The third-order valence-corrected chi connectivity index (χ3v) is 4.19. The van der Waals surface area contributed by atoms with Crippen LogP contribution in [0.15, 0.2) is 0 Å². The highest BCUT2D eigenvalue weighted by Gasteiger charge is 2.29. The molecular weight excluding hydrogens is 244 g/mol. The molecule has 19 heavy (non-hydrogen) atoms. The van der Waals surface area contributed by atoms with Crippen molar-refractivity contribution in [1.29, 1.82) is 0 Å². The summed E-state index contributed by atoms with van der Waals surface area (Å²) < 4.78 is 1.57. The third-order valence-electron chi connectivity index (χ3n) is 4.19. The fourth-order valence-corrected chi connectivity index (χ4v) is 2.95. The lowest BCUT2D eigenvalue weighted by atomic mass is 9.79. The van der Waals surface area contributed by atoms with Gasteiger partial charge in [-0.05, 0) is 37.5 Å². The monoisotopic (exact) mass is 266 g/mol. The molecule has 0 atom stereocenters. The van der Waals surface area contributed by atoms with Crippen LogP contribution in [-0.2, 0) is 6.54 Å². The van der Waals surface area contributed by atoms with Gasteiger partial charge in [-0.3, -0.25) is 0 Å². The van der Waals surface area contributed by atoms with Crippen molar-refractivity contribution >= 4 is 5.97 Å². The Morgan fingerprint density at radius 1 is 1.42 bits per heavy atom. The number of rotatable bonds is 4. The van der Waals surface area contributed by atoms with E-state index in [9.17, 15) is 9.90 Å². The summed E-state index contributed by atoms with van der Waals surface area (Å²) in [5, 5.41) is 17.2. The van der Waals surface area contributed by atoms with E-state index >= 15 is 0 Å². The minimum Gasteiger partial charge on any atom is -0.476 e. The molecule has 0 amide bonds. The molecule has 0 aromatic carbocycles. The van der Waals surface area contributed by atoms with E-state index in [-0.39, 0.29) is 18.3 Å². The number of aromatic nitrogens is 3. The highest BCUT2D eigenvalue weighted by molar-refractivity contribution is 5.86. The molecule has 0 saturated heterocycles. The van der Waals surface area contributed by atoms with Gasteiger partial charge in [0.2, 0.25) is 0 Å². The molecule has 0 aliphatic heterocycles. The summed E-state index contributed by atoms with van der Waals surface area (Å²) in [6.07, 6.45) is 4.19. The van der Waals surface area contributed by atoms with Gasteiger partial charge in [-0.25, -0.2) is 9.48 Å². The van der Waals surface area contributed by atoms with Crippen molar-refractivity contribution in [2.75, 3.05) is 0 Å². The molecule has 2 rings (SSSR count). The summed E-state index contributed by atoms with van der Waals surface area (Å²) in [4.78, 5) is 11.3. The lowest BCUT2D eigenvalue weighted by Gasteiger charge is -2.31. The Labute approximate surface area is 113 Å². The predicted molar refractivity (Wildman–Crippen MR) is 70.7 cm³/mol. The van der Waals surface area contributed by atoms with Gasteiger partial charge in [-0.1, -0.05) is 19.1 Å². The van der Waals surface area contributed by atoms with Gasteiger partial charge in [0, 0.05) is 6.54 Å². The summed E-state index contributed by atoms with van der Waals surface area (Å²) in [5.74, 6) is 0.439. The zero-order valence-corrected chi connectivity index (χ0v) is 11.5. The van der Waals surface area contributed by atoms with E-state index in [0.717, 1.165) is 31.6 Å². The van der Waals surface area contributed by atoms with Gasteiger partial charge in [0.15, 0.2) is 5.69 Å². The normalized spacial score (nSPS) is 23.8. The number of carboxylic acids is 1. The fourth-order valence-electron chi connectivity index (χ4n) is 2.95. The largest absolute Gasteiger partial charge is 0.476 e. The van der Waals surface area contributed by atoms with Gasteiger partial charge < -0.3 is 10.8 Å². The molecule has 0 bridgehead atoms. The highest BCUT2D eigenvalue weighted by atomic mass is 16.4. The van der Waals surface area contributed by atoms with Gasteiger partial charge >= 0.3 is 5.97 Å². The van der Waals surface area contributed by atoms with Crippen LogP contribution in [0.2, 0.25) is 0 Å². The topological polar surface area (TPSA) is 94.0 Å². The second kappa shape index (κ2) is 5.69. The number of hydrogen-bond donors (Lipinski definition) is 2. The third kappa shape index (κ3) is 2.78. The van der Waals surface area contributed by atoms with E-state index < -0.39 is 5.97 Å². The quantitative estimate of drug-likeness (QED) is 0.867. The van der Waals surface area contributed by atoms with Crippen LogP contribution < -0.4 is 5.73 Å². The van der Waals surface area contributed by atoms with Crippen molar-refractivity contribution < 1.29 is 9.90 Å². The molecule has 6 nitrogen and oxygen atoms in total. The molecule has 3 N–H and O–H groups in total. The Morgan fingerprint density at radius 3 is 2.53 bits per heavy atom. The average molecular weight is 266 g/mol. The van der Waals surface area contributed by atoms with Crippen LogP contribution in [0.5, 0.6) is 0 Å². The van der Waals surface area contributed by atoms with Gasteiger partial charge in [-0.15, -0.1) is 5.10 Å². The number of nitrogens with two attached hydrogens (primary N) is 1. The molecule has 1 aliphatic rings. The molecule has 0 spiro atoms. The fraction of sp³-hybridized carbons (Fsp3) is 0.769. The van der Waals surface area contributed by atoms with E-state index in [0.29, 0.717) is 11.6 Å². The van der Waals surface area contributed by atoms with Crippen molar-refractivity contribution in [3.8, 4) is 0 Å². The van der Waals surface area contributed by atoms with Crippen molar-refractivity contribution in [2.24, 2.45) is 17.6 Å². The summed E-state index contributed by atoms with van der Waals surface area (Å²) in [6, 6.07) is 0.147. The van der Waals surface area contributed by atoms with Crippen LogP contribution in [-0.4, -0.2) is 26.1 Å². The first-order valence-corrected chi connectivity index (χ1v) is 6.92. The van der Waals surface area contributed by atoms with Crippen LogP contribution in [0.4, 0.5) is 0 Å². The van der Waals surface area contributed by atoms with Crippen molar-refractivity contribution in [3.05, 3.63) is 11.4 Å². The predicted octanol–water partition coefficient (Wildman–Crippen LogP) is 1.82. The zero-order valence-electron chi connectivity index (χ0n) is 11.5. The van der Waals surface area contributed by atoms with Gasteiger partial charge in [-0.2, -0.15) is 0 Å². The molecule has 1 aromatic heterocycles. The first kappa shape index (κ1) is 14.0. The van der Waals surface area contributed by atoms with Crippen molar-refractivity contribution in [2.45, 2.75) is 52.1 Å². The number of aromatic carboxylic acids is 1. The summed E-state index contributed by atoms with van der Waals surface area (Å²) in [5.41, 5.74) is 6.05. The summed E-state index contributed by atoms with van der Waals surface area (Å²) in [6.45, 7) is 4.61. The van der Waals surface area contributed by atoms with Gasteiger partial charge in [0.1, 0.15) is 5.69 Å². The lowest BCUT2D eigenvalue weighted by molar-refractivity contribution is 0.0674. The summed E-state index contributed by atoms with van der Waals surface area (Å²) in [7, 11) is 0. The second-order valence-corrected chi connectivity index (χ2v) is 5.65. The molecular formula is C13H22N4O2. The van der Waals surface area contributed by atoms with Crippen LogP contribution in [0.1, 0.15) is 61.8 Å². The number of nitrogens with zero attached hydrogens (tertiary/aromatic N) is 3. The average Bonchev–Trinajstić information content (AvgIpc) is 2.82. The van der Waals surface area contributed by atoms with E-state index in [1.54, 1.807) is 4.68 Å². The van der Waals surface area contributed by atoms with E-state index in [4.69, 9.17) is 5.73 Å². The zero-order chi connectivity index (χ0) is 14.0. The minimum absolute atomic E-state index is 0.114. The van der Waals surface area contributed by atoms with E-state index in [1.807, 2.05) is 0 Å². The number of carbonyl (C=O) groups is 1. The van der Waals surface area contributed by atoms with Crippen molar-refractivity contribution in [1.82, 2.24) is 15.0 Å². The van der Waals surface area contributed by atoms with Crippen LogP contribution in [0.3, 0.4) is 0 Å². The lowest BCUT2D eigenvalue weighted by Crippen LogP contribution is -2.24. The van der Waals surface area contributed by atoms with E-state index in [2.05, 4.69) is 24.2 Å². The number of hydrogen-bond acceptors (Lipinski definition) is 4. The Balaban J connectivity index is 2.16. The minimum atomic E-state index is -0.989. The van der Waals surface area contributed by atoms with Crippen molar-refractivity contribution in [3.63, 3.8) is 0 Å². The Bertz CT molecular complexity index is 447. The Kier molecular flexibility index (Phi) is 4.19. The first-order valence-electron chi connectivity index (χ1n) is 6.92. The molecule has 1 aromatic rings. The molecule has 0 unspecified atom stereocenters. The molecule has 1 aliphatic carbocycles. The smallest absolute Gasteiger partial charge is 0.356 e. The van der Waals surface area contributed by atoms with Crippen LogP contribution >= 0.6 is 0 Å². The highest BCUT2D eigenvalue weighted by Crippen LogP contribution is 2.36. The van der Waals surface area contributed by atoms with Gasteiger partial charge in [0.05, 0.1) is 6.04 Å². The first-order chi connectivity index (χ1) is 9.04. The SMILES string of the molecule is CC(C)C1CCC(n2nnc(CN)c2C(=O)O)CC1. The van der Waals surface area contributed by atoms with Crippen LogP contribution in [0, 0.1) is 11.8 Å². The molecule has 1 heterocycles. The molecule has 6 heteroatoms. The van der Waals surface area contributed by atoms with E-state index in [1.165, 1.54) is 0 Å². The Hall–Kier alpha value is -1.43. The maximum atomic E-state index is 11.3. The maximum Gasteiger partial charge on any atom is 0.356 e. The second-order valence-electron chi connectivity index (χ2n) is 5.65. The summed E-state index contributed by atoms with van der Waals surface area (Å²) >= 11 is 0.